The van der Waals surface area contributed by atoms with Gasteiger partial charge in [-0.05, 0) is 42.5 Å². The quantitative estimate of drug-likeness (QED) is 0.516. The Hall–Kier alpha value is -2.45. The van der Waals surface area contributed by atoms with Crippen molar-refractivity contribution in [1.82, 2.24) is 10.0 Å². The summed E-state index contributed by atoms with van der Waals surface area (Å²) in [5.74, 6) is -1.02. The third-order valence-electron chi connectivity index (χ3n) is 5.05. The SMILES string of the molecule is CCCc1ccc(-c2ccn(CCC(C)(C(=O)NO)S(C)(=O)=O)c(=O)c2)cc1. The highest BCUT2D eigenvalue weighted by atomic mass is 32.2. The van der Waals surface area contributed by atoms with Gasteiger partial charge in [0.15, 0.2) is 14.6 Å². The summed E-state index contributed by atoms with van der Waals surface area (Å²) in [5, 5.41) is 8.87. The number of pyridine rings is 1. The maximum atomic E-state index is 12.5. The number of hydrogen-bond acceptors (Lipinski definition) is 5. The number of aryl methyl sites for hydroxylation is 2. The molecule has 0 bridgehead atoms. The van der Waals surface area contributed by atoms with Gasteiger partial charge in [0.05, 0.1) is 0 Å². The van der Waals surface area contributed by atoms with Crippen LogP contribution in [-0.4, -0.2) is 35.1 Å². The van der Waals surface area contributed by atoms with Crippen LogP contribution in [0.5, 0.6) is 0 Å². The molecule has 152 valence electrons. The molecule has 8 heteroatoms. The first-order valence-corrected chi connectivity index (χ1v) is 11.0. The molecule has 1 amide bonds. The Bertz CT molecular complexity index is 996. The molecule has 0 radical (unpaired) electrons. The third-order valence-corrected chi connectivity index (χ3v) is 7.08. The molecule has 0 aliphatic rings. The van der Waals surface area contributed by atoms with Crippen LogP contribution in [0.1, 0.15) is 32.3 Å². The van der Waals surface area contributed by atoms with E-state index in [-0.39, 0.29) is 18.5 Å². The van der Waals surface area contributed by atoms with E-state index in [2.05, 4.69) is 6.92 Å². The van der Waals surface area contributed by atoms with Crippen molar-refractivity contribution in [3.8, 4) is 11.1 Å². The summed E-state index contributed by atoms with van der Waals surface area (Å²) in [6.45, 7) is 3.36. The number of benzene rings is 1. The van der Waals surface area contributed by atoms with Gasteiger partial charge in [0.25, 0.3) is 11.5 Å². The summed E-state index contributed by atoms with van der Waals surface area (Å²) in [6.07, 6.45) is 4.43. The van der Waals surface area contributed by atoms with Gasteiger partial charge in [-0.2, -0.15) is 0 Å². The topological polar surface area (TPSA) is 105 Å². The van der Waals surface area contributed by atoms with Crippen molar-refractivity contribution in [3.63, 3.8) is 0 Å². The lowest BCUT2D eigenvalue weighted by molar-refractivity contribution is -0.131. The van der Waals surface area contributed by atoms with Crippen molar-refractivity contribution in [3.05, 3.63) is 58.5 Å². The van der Waals surface area contributed by atoms with E-state index in [1.54, 1.807) is 12.3 Å². The molecule has 0 saturated heterocycles. The molecule has 2 N–H and O–H groups in total. The molecule has 0 saturated carbocycles. The Morgan fingerprint density at radius 1 is 1.18 bits per heavy atom. The van der Waals surface area contributed by atoms with E-state index in [1.165, 1.54) is 28.6 Å². The van der Waals surface area contributed by atoms with Gasteiger partial charge in [0.2, 0.25) is 0 Å². The van der Waals surface area contributed by atoms with Gasteiger partial charge in [-0.1, -0.05) is 37.6 Å². The van der Waals surface area contributed by atoms with Crippen LogP contribution in [0.25, 0.3) is 11.1 Å². The van der Waals surface area contributed by atoms with Crippen LogP contribution in [0.4, 0.5) is 0 Å². The lowest BCUT2D eigenvalue weighted by Crippen LogP contribution is -2.49. The number of carbonyl (C=O) groups excluding carboxylic acids is 1. The van der Waals surface area contributed by atoms with Crippen molar-refractivity contribution in [2.75, 3.05) is 6.26 Å². The minimum absolute atomic E-state index is 0.0194. The van der Waals surface area contributed by atoms with Gasteiger partial charge in [-0.3, -0.25) is 14.8 Å². The number of amides is 1. The summed E-state index contributed by atoms with van der Waals surface area (Å²) in [4.78, 5) is 24.3. The second-order valence-electron chi connectivity index (χ2n) is 7.09. The highest BCUT2D eigenvalue weighted by Crippen LogP contribution is 2.23. The first-order chi connectivity index (χ1) is 13.1. The Kier molecular flexibility index (Phi) is 6.79. The van der Waals surface area contributed by atoms with Crippen molar-refractivity contribution >= 4 is 15.7 Å². The van der Waals surface area contributed by atoms with E-state index >= 15 is 0 Å². The van der Waals surface area contributed by atoms with Crippen LogP contribution in [0.15, 0.2) is 47.4 Å². The van der Waals surface area contributed by atoms with Crippen LogP contribution in [0.2, 0.25) is 0 Å². The molecule has 1 aromatic heterocycles. The minimum atomic E-state index is -3.81. The molecule has 1 atom stereocenters. The maximum Gasteiger partial charge on any atom is 0.264 e. The zero-order valence-electron chi connectivity index (χ0n) is 16.3. The predicted octanol–water partition coefficient (Wildman–Crippen LogP) is 2.17. The molecule has 28 heavy (non-hydrogen) atoms. The van der Waals surface area contributed by atoms with E-state index in [0.29, 0.717) is 0 Å². The summed E-state index contributed by atoms with van der Waals surface area (Å²) in [5.41, 5.74) is 4.03. The smallest absolute Gasteiger partial charge is 0.264 e. The highest BCUT2D eigenvalue weighted by Gasteiger charge is 2.43. The van der Waals surface area contributed by atoms with Gasteiger partial charge >= 0.3 is 0 Å². The normalized spacial score (nSPS) is 13.7. The summed E-state index contributed by atoms with van der Waals surface area (Å²) >= 11 is 0. The zero-order chi connectivity index (χ0) is 20.9. The first kappa shape index (κ1) is 21.8. The molecule has 1 unspecified atom stereocenters. The number of sulfone groups is 1. The van der Waals surface area contributed by atoms with E-state index in [4.69, 9.17) is 5.21 Å². The van der Waals surface area contributed by atoms with Crippen molar-refractivity contribution in [1.29, 1.82) is 0 Å². The predicted molar refractivity (Wildman–Crippen MR) is 108 cm³/mol. The molecule has 1 aromatic carbocycles. The van der Waals surface area contributed by atoms with Crippen LogP contribution < -0.4 is 11.0 Å². The number of aromatic nitrogens is 1. The average molecular weight is 407 g/mol. The fourth-order valence-corrected chi connectivity index (χ4v) is 3.79. The first-order valence-electron chi connectivity index (χ1n) is 9.06. The molecular formula is C20H26N2O5S. The van der Waals surface area contributed by atoms with Crippen LogP contribution in [-0.2, 0) is 27.6 Å². The Morgan fingerprint density at radius 2 is 1.82 bits per heavy atom. The molecule has 0 spiro atoms. The lowest BCUT2D eigenvalue weighted by atomic mass is 10.0. The van der Waals surface area contributed by atoms with Gasteiger partial charge in [0, 0.05) is 25.1 Å². The van der Waals surface area contributed by atoms with Gasteiger partial charge in [-0.15, -0.1) is 0 Å². The van der Waals surface area contributed by atoms with E-state index < -0.39 is 20.5 Å². The molecule has 0 aliphatic carbocycles. The summed E-state index contributed by atoms with van der Waals surface area (Å²) in [7, 11) is -3.81. The maximum absolute atomic E-state index is 12.5. The number of carbonyl (C=O) groups is 1. The van der Waals surface area contributed by atoms with Gasteiger partial charge in [-0.25, -0.2) is 13.9 Å². The lowest BCUT2D eigenvalue weighted by Gasteiger charge is -2.25. The second-order valence-corrected chi connectivity index (χ2v) is 9.53. The van der Waals surface area contributed by atoms with Crippen molar-refractivity contribution in [2.24, 2.45) is 0 Å². The highest BCUT2D eigenvalue weighted by molar-refractivity contribution is 7.92. The van der Waals surface area contributed by atoms with Crippen LogP contribution in [0, 0.1) is 0 Å². The fourth-order valence-electron chi connectivity index (χ4n) is 2.94. The number of rotatable bonds is 8. The molecule has 2 rings (SSSR count). The van der Waals surface area contributed by atoms with Gasteiger partial charge < -0.3 is 4.57 Å². The Balaban J connectivity index is 2.22. The fraction of sp³-hybridized carbons (Fsp3) is 0.400. The van der Waals surface area contributed by atoms with Crippen molar-refractivity contribution in [2.45, 2.75) is 44.4 Å². The Morgan fingerprint density at radius 3 is 2.32 bits per heavy atom. The number of hydroxylamine groups is 1. The summed E-state index contributed by atoms with van der Waals surface area (Å²) in [6, 6.07) is 11.3. The average Bonchev–Trinajstić information content (AvgIpc) is 2.66. The molecule has 0 aliphatic heterocycles. The monoisotopic (exact) mass is 406 g/mol. The molecule has 2 aromatic rings. The van der Waals surface area contributed by atoms with E-state index in [9.17, 15) is 18.0 Å². The zero-order valence-corrected chi connectivity index (χ0v) is 17.1. The minimum Gasteiger partial charge on any atom is -0.315 e. The number of hydrogen-bond donors (Lipinski definition) is 2. The Labute approximate surface area is 164 Å². The standard InChI is InChI=1S/C20H26N2O5S/c1-4-5-15-6-8-16(9-7-15)17-10-12-22(18(23)14-17)13-11-20(2,19(24)21-25)28(3,26)27/h6-10,12,14,25H,4-5,11,13H2,1-3H3,(H,21,24). The number of nitrogens with zero attached hydrogens (tertiary/aromatic N) is 1. The van der Waals surface area contributed by atoms with E-state index in [0.717, 1.165) is 30.2 Å². The molecule has 7 nitrogen and oxygen atoms in total. The number of nitrogens with one attached hydrogen (secondary N) is 1. The third kappa shape index (κ3) is 4.69. The van der Waals surface area contributed by atoms with Gasteiger partial charge in [0.1, 0.15) is 0 Å². The molecule has 0 fully saturated rings. The molecular weight excluding hydrogens is 380 g/mol. The summed E-state index contributed by atoms with van der Waals surface area (Å²) < 4.78 is 23.5. The molecule has 1 heterocycles. The van der Waals surface area contributed by atoms with Crippen LogP contribution in [0.3, 0.4) is 0 Å². The van der Waals surface area contributed by atoms with Crippen LogP contribution >= 0.6 is 0 Å². The van der Waals surface area contributed by atoms with Crippen molar-refractivity contribution < 1.29 is 18.4 Å². The van der Waals surface area contributed by atoms with E-state index in [1.807, 2.05) is 24.3 Å². The largest absolute Gasteiger partial charge is 0.315 e. The second kappa shape index (κ2) is 8.70.